The van der Waals surface area contributed by atoms with Crippen LogP contribution in [0.5, 0.6) is 0 Å². The van der Waals surface area contributed by atoms with E-state index in [1.54, 1.807) is 18.2 Å². The van der Waals surface area contributed by atoms with Gasteiger partial charge in [-0.2, -0.15) is 5.26 Å². The number of fused-ring (bicyclic) bond motifs is 6. The third kappa shape index (κ3) is 3.72. The van der Waals surface area contributed by atoms with Crippen molar-refractivity contribution in [3.05, 3.63) is 150 Å². The molecule has 2 aromatic heterocycles. The number of hydrogen-bond acceptors (Lipinski definition) is 1. The van der Waals surface area contributed by atoms with Gasteiger partial charge in [-0.25, -0.2) is 13.6 Å². The second kappa shape index (κ2) is 9.66. The molecule has 0 radical (unpaired) electrons. The highest BCUT2D eigenvalue weighted by atomic mass is 19.1. The number of aromatic nitrogens is 2. The Morgan fingerprint density at radius 2 is 1.16 bits per heavy atom. The molecule has 0 fully saturated rings. The van der Waals surface area contributed by atoms with Crippen molar-refractivity contribution in [2.75, 3.05) is 0 Å². The fraction of sp³-hybridized carbons (Fsp3) is 0. The Morgan fingerprint density at radius 3 is 1.75 bits per heavy atom. The Labute approximate surface area is 250 Å². The number of nitrogens with zero attached hydrogens (tertiary/aromatic N) is 4. The van der Waals surface area contributed by atoms with E-state index in [9.17, 15) is 9.65 Å². The fourth-order valence-electron chi connectivity index (χ4n) is 6.32. The lowest BCUT2D eigenvalue weighted by molar-refractivity contribution is 0.621. The van der Waals surface area contributed by atoms with E-state index < -0.39 is 11.6 Å². The summed E-state index contributed by atoms with van der Waals surface area (Å²) in [4.78, 5) is 3.36. The first kappa shape index (κ1) is 25.5. The molecule has 0 atom stereocenters. The first-order valence-corrected chi connectivity index (χ1v) is 14.0. The number of halogens is 2. The van der Waals surface area contributed by atoms with Crippen molar-refractivity contribution in [3.63, 3.8) is 0 Å². The van der Waals surface area contributed by atoms with Crippen LogP contribution in [0.25, 0.3) is 71.0 Å². The third-order valence-corrected chi connectivity index (χ3v) is 8.31. The molecule has 44 heavy (non-hydrogen) atoms. The van der Waals surface area contributed by atoms with E-state index in [1.807, 2.05) is 75.9 Å². The molecule has 206 valence electrons. The van der Waals surface area contributed by atoms with Crippen LogP contribution in [0.15, 0.2) is 121 Å². The zero-order valence-electron chi connectivity index (χ0n) is 23.1. The van der Waals surface area contributed by atoms with Gasteiger partial charge in [-0.15, -0.1) is 0 Å². The Morgan fingerprint density at radius 1 is 0.568 bits per heavy atom. The molecule has 6 heteroatoms. The van der Waals surface area contributed by atoms with Crippen LogP contribution in [0.1, 0.15) is 5.56 Å². The molecule has 0 bridgehead atoms. The molecule has 0 saturated carbocycles. The van der Waals surface area contributed by atoms with Crippen LogP contribution in [0.4, 0.5) is 14.5 Å². The number of hydrogen-bond donors (Lipinski definition) is 0. The van der Waals surface area contributed by atoms with Crippen LogP contribution in [-0.4, -0.2) is 9.13 Å². The van der Waals surface area contributed by atoms with Crippen LogP contribution in [0.3, 0.4) is 0 Å². The minimum Gasteiger partial charge on any atom is -0.309 e. The van der Waals surface area contributed by atoms with Crippen molar-refractivity contribution >= 4 is 49.3 Å². The van der Waals surface area contributed by atoms with Gasteiger partial charge in [0, 0.05) is 27.2 Å². The van der Waals surface area contributed by atoms with E-state index in [0.29, 0.717) is 11.4 Å². The van der Waals surface area contributed by atoms with Gasteiger partial charge in [0.15, 0.2) is 5.69 Å². The van der Waals surface area contributed by atoms with Gasteiger partial charge >= 0.3 is 0 Å². The van der Waals surface area contributed by atoms with E-state index >= 15 is 4.39 Å². The van der Waals surface area contributed by atoms with Gasteiger partial charge in [-0.1, -0.05) is 54.6 Å². The van der Waals surface area contributed by atoms with Crippen molar-refractivity contribution in [1.29, 1.82) is 5.26 Å². The predicted molar refractivity (Wildman–Crippen MR) is 171 cm³/mol. The first-order valence-electron chi connectivity index (χ1n) is 14.0. The Hall–Kier alpha value is -6.24. The van der Waals surface area contributed by atoms with Gasteiger partial charge < -0.3 is 9.13 Å². The summed E-state index contributed by atoms with van der Waals surface area (Å²) >= 11 is 0. The molecule has 0 N–H and O–H groups in total. The van der Waals surface area contributed by atoms with Gasteiger partial charge in [-0.05, 0) is 77.9 Å². The van der Waals surface area contributed by atoms with Crippen LogP contribution < -0.4 is 0 Å². The highest BCUT2D eigenvalue weighted by Crippen LogP contribution is 2.38. The van der Waals surface area contributed by atoms with Gasteiger partial charge in [0.05, 0.1) is 39.9 Å². The molecular formula is C38H20F2N4. The highest BCUT2D eigenvalue weighted by molar-refractivity contribution is 6.12. The molecule has 4 nitrogen and oxygen atoms in total. The van der Waals surface area contributed by atoms with Gasteiger partial charge in [0.1, 0.15) is 17.7 Å². The minimum absolute atomic E-state index is 0.0108. The summed E-state index contributed by atoms with van der Waals surface area (Å²) in [5.74, 6) is -1.00. The van der Waals surface area contributed by atoms with Crippen LogP contribution in [-0.2, 0) is 0 Å². The average molecular weight is 571 g/mol. The topological polar surface area (TPSA) is 38.0 Å². The minimum atomic E-state index is -0.553. The summed E-state index contributed by atoms with van der Waals surface area (Å²) in [7, 11) is 0. The Bertz CT molecular complexity index is 2560. The molecule has 0 aliphatic carbocycles. The standard InChI is InChI=1S/C38H20F2N4/c1-42-26-13-17-38(33(40)20-26)44-35-9-5-3-7-29(35)31-19-24(12-16-37(31)44)23-11-15-36-30(18-23)28-6-2-4-8-34(28)43(36)27-14-10-25(22-41)32(39)21-27/h2-21H. The van der Waals surface area contributed by atoms with E-state index in [2.05, 4.69) is 29.1 Å². The summed E-state index contributed by atoms with van der Waals surface area (Å²) in [6.07, 6.45) is 0. The van der Waals surface area contributed by atoms with E-state index in [4.69, 9.17) is 6.57 Å². The Kier molecular flexibility index (Phi) is 5.59. The molecule has 0 aliphatic heterocycles. The second-order valence-corrected chi connectivity index (χ2v) is 10.7. The number of nitriles is 1. The molecule has 6 aromatic carbocycles. The van der Waals surface area contributed by atoms with Crippen molar-refractivity contribution in [2.45, 2.75) is 0 Å². The maximum Gasteiger partial charge on any atom is 0.190 e. The SMILES string of the molecule is [C-]#[N+]c1ccc(-n2c3ccccc3c3cc(-c4ccc5c(c4)c4ccccc4n5-c4ccc(C#N)c(F)c4)ccc32)c(F)c1. The number of para-hydroxylation sites is 2. The predicted octanol–water partition coefficient (Wildman–Crippen LogP) is 10.2. The van der Waals surface area contributed by atoms with Gasteiger partial charge in [0.2, 0.25) is 0 Å². The second-order valence-electron chi connectivity index (χ2n) is 10.7. The highest BCUT2D eigenvalue weighted by Gasteiger charge is 2.18. The van der Waals surface area contributed by atoms with Gasteiger partial charge in [0.25, 0.3) is 0 Å². The number of rotatable bonds is 3. The quantitative estimate of drug-likeness (QED) is 0.195. The van der Waals surface area contributed by atoms with Crippen molar-refractivity contribution in [2.24, 2.45) is 0 Å². The summed E-state index contributed by atoms with van der Waals surface area (Å²) in [6, 6.07) is 39.5. The molecule has 8 aromatic rings. The third-order valence-electron chi connectivity index (χ3n) is 8.31. The monoisotopic (exact) mass is 570 g/mol. The molecule has 2 heterocycles. The van der Waals surface area contributed by atoms with Crippen molar-refractivity contribution < 1.29 is 8.78 Å². The van der Waals surface area contributed by atoms with Gasteiger partial charge in [-0.3, -0.25) is 0 Å². The van der Waals surface area contributed by atoms with E-state index in [1.165, 1.54) is 18.2 Å². The molecule has 0 saturated heterocycles. The molecule has 0 aliphatic rings. The average Bonchev–Trinajstić information content (AvgIpc) is 3.57. The summed E-state index contributed by atoms with van der Waals surface area (Å²) in [6.45, 7) is 7.24. The fourth-order valence-corrected chi connectivity index (χ4v) is 6.32. The molecular weight excluding hydrogens is 550 g/mol. The first-order chi connectivity index (χ1) is 21.6. The molecule has 8 rings (SSSR count). The summed E-state index contributed by atoms with van der Waals surface area (Å²) in [5.41, 5.74) is 6.93. The van der Waals surface area contributed by atoms with Crippen LogP contribution in [0, 0.1) is 29.5 Å². The lowest BCUT2D eigenvalue weighted by atomic mass is 10.0. The van der Waals surface area contributed by atoms with E-state index in [-0.39, 0.29) is 11.3 Å². The summed E-state index contributed by atoms with van der Waals surface area (Å²) in [5, 5.41) is 13.3. The normalized spacial score (nSPS) is 11.4. The molecule has 0 unspecified atom stereocenters. The van der Waals surface area contributed by atoms with E-state index in [0.717, 1.165) is 54.7 Å². The maximum absolute atomic E-state index is 15.3. The maximum atomic E-state index is 15.3. The smallest absolute Gasteiger partial charge is 0.190 e. The summed E-state index contributed by atoms with van der Waals surface area (Å²) < 4.78 is 33.8. The number of benzene rings is 6. The van der Waals surface area contributed by atoms with Crippen molar-refractivity contribution in [1.82, 2.24) is 9.13 Å². The van der Waals surface area contributed by atoms with Crippen LogP contribution >= 0.6 is 0 Å². The van der Waals surface area contributed by atoms with Crippen molar-refractivity contribution in [3.8, 4) is 28.6 Å². The lowest BCUT2D eigenvalue weighted by Gasteiger charge is -2.10. The molecule has 0 spiro atoms. The van der Waals surface area contributed by atoms with Crippen LogP contribution in [0.2, 0.25) is 0 Å². The Balaban J connectivity index is 1.33. The zero-order chi connectivity index (χ0) is 29.9. The lowest BCUT2D eigenvalue weighted by Crippen LogP contribution is -1.97. The molecule has 0 amide bonds. The zero-order valence-corrected chi connectivity index (χ0v) is 23.1. The largest absolute Gasteiger partial charge is 0.309 e.